The average molecular weight is 197 g/mol. The van der Waals surface area contributed by atoms with Crippen LogP contribution in [0.1, 0.15) is 20.8 Å². The van der Waals surface area contributed by atoms with Crippen LogP contribution in [0.4, 0.5) is 0 Å². The lowest BCUT2D eigenvalue weighted by molar-refractivity contribution is -0.895. The highest BCUT2D eigenvalue weighted by atomic mass is 32.1. The van der Waals surface area contributed by atoms with E-state index in [0.717, 1.165) is 25.1 Å². The molecule has 0 saturated carbocycles. The van der Waals surface area contributed by atoms with Gasteiger partial charge in [-0.15, -0.1) is 11.3 Å². The molecule has 0 bridgehead atoms. The molecule has 0 saturated heterocycles. The van der Waals surface area contributed by atoms with E-state index in [1.807, 2.05) is 0 Å². The number of carboxylic acid groups (broad SMARTS) is 1. The van der Waals surface area contributed by atoms with Crippen molar-refractivity contribution < 1.29 is 14.8 Å². The van der Waals surface area contributed by atoms with E-state index in [1.54, 1.807) is 16.7 Å². The molecule has 1 atom stereocenters. The maximum absolute atomic E-state index is 10.7. The monoisotopic (exact) mass is 197 g/mol. The van der Waals surface area contributed by atoms with Crippen molar-refractivity contribution in [3.05, 3.63) is 21.4 Å². The molecule has 2 heterocycles. The highest BCUT2D eigenvalue weighted by Crippen LogP contribution is 2.23. The van der Waals surface area contributed by atoms with Gasteiger partial charge in [0.05, 0.1) is 24.4 Å². The molecule has 3 nitrogen and oxygen atoms in total. The number of aromatic carboxylic acids is 1. The van der Waals surface area contributed by atoms with E-state index in [1.165, 1.54) is 9.78 Å². The molecule has 0 spiro atoms. The van der Waals surface area contributed by atoms with Gasteiger partial charge in [-0.2, -0.15) is 0 Å². The second-order valence-electron chi connectivity index (χ2n) is 3.47. The minimum atomic E-state index is -1.03. The summed E-state index contributed by atoms with van der Waals surface area (Å²) >= 11 is 1.54. The topological polar surface area (TPSA) is 44.6 Å². The molecule has 1 aromatic rings. The first kappa shape index (κ1) is 8.72. The first-order valence-corrected chi connectivity index (χ1v) is 5.18. The van der Waals surface area contributed by atoms with Gasteiger partial charge in [0.2, 0.25) is 0 Å². The Kier molecular flexibility index (Phi) is 2.09. The van der Waals surface area contributed by atoms with Crippen LogP contribution in [0.5, 0.6) is 0 Å². The van der Waals surface area contributed by atoms with E-state index < -0.39 is 5.97 Å². The number of quaternary nitrogens is 1. The lowest BCUT2D eigenvalue weighted by Crippen LogP contribution is -3.08. The quantitative estimate of drug-likeness (QED) is 0.607. The highest BCUT2D eigenvalue weighted by Gasteiger charge is 2.21. The van der Waals surface area contributed by atoms with Gasteiger partial charge in [0, 0.05) is 17.4 Å². The second-order valence-corrected chi connectivity index (χ2v) is 4.44. The normalized spacial score (nSPS) is 21.2. The Balaban J connectivity index is 2.39. The van der Waals surface area contributed by atoms with Gasteiger partial charge in [0.1, 0.15) is 6.54 Å². The largest absolute Gasteiger partial charge is 0.545 e. The van der Waals surface area contributed by atoms with Crippen molar-refractivity contribution in [1.29, 1.82) is 0 Å². The molecule has 1 unspecified atom stereocenters. The molecular weight excluding hydrogens is 186 g/mol. The number of nitrogens with one attached hydrogen (secondary N) is 1. The summed E-state index contributed by atoms with van der Waals surface area (Å²) in [6.07, 6.45) is 0.869. The Hall–Kier alpha value is -0.870. The number of hydrogen-bond donors (Lipinski definition) is 1. The molecule has 13 heavy (non-hydrogen) atoms. The molecule has 2 rings (SSSR count). The van der Waals surface area contributed by atoms with Gasteiger partial charge in [-0.05, 0) is 5.56 Å². The van der Waals surface area contributed by atoms with Gasteiger partial charge in [0.25, 0.3) is 0 Å². The van der Waals surface area contributed by atoms with Gasteiger partial charge < -0.3 is 14.8 Å². The van der Waals surface area contributed by atoms with E-state index in [4.69, 9.17) is 0 Å². The summed E-state index contributed by atoms with van der Waals surface area (Å²) in [7, 11) is 2.13. The second kappa shape index (κ2) is 3.12. The molecular formula is C9H11NO2S. The van der Waals surface area contributed by atoms with Crippen LogP contribution >= 0.6 is 11.3 Å². The molecule has 4 heteroatoms. The number of hydrogen-bond acceptors (Lipinski definition) is 3. The number of rotatable bonds is 1. The summed E-state index contributed by atoms with van der Waals surface area (Å²) in [5, 5.41) is 12.4. The number of carbonyl (C=O) groups is 1. The molecule has 0 amide bonds. The van der Waals surface area contributed by atoms with E-state index >= 15 is 0 Å². The predicted octanol–water partition coefficient (Wildman–Crippen LogP) is -1.32. The molecule has 1 N–H and O–H groups in total. The molecule has 1 aliphatic heterocycles. The Labute approximate surface area is 80.6 Å². The number of thiophene rings is 1. The summed E-state index contributed by atoms with van der Waals surface area (Å²) in [6, 6.07) is 0. The minimum absolute atomic E-state index is 0.410. The number of carboxylic acids is 1. The van der Waals surface area contributed by atoms with Crippen LogP contribution in [-0.2, 0) is 13.0 Å². The van der Waals surface area contributed by atoms with Crippen LogP contribution in [-0.4, -0.2) is 19.6 Å². The van der Waals surface area contributed by atoms with Gasteiger partial charge in [0.15, 0.2) is 0 Å². The smallest absolute Gasteiger partial charge is 0.112 e. The Bertz CT molecular complexity index is 345. The maximum Gasteiger partial charge on any atom is 0.112 e. The summed E-state index contributed by atoms with van der Waals surface area (Å²) in [4.78, 5) is 13.4. The molecule has 70 valence electrons. The Morgan fingerprint density at radius 1 is 1.69 bits per heavy atom. The van der Waals surface area contributed by atoms with Crippen LogP contribution in [0.15, 0.2) is 5.38 Å². The van der Waals surface area contributed by atoms with Crippen molar-refractivity contribution >= 4 is 17.3 Å². The summed E-state index contributed by atoms with van der Waals surface area (Å²) in [5.41, 5.74) is 1.42. The first-order chi connectivity index (χ1) is 6.18. The molecule has 0 radical (unpaired) electrons. The zero-order chi connectivity index (χ0) is 9.42. The fourth-order valence-corrected chi connectivity index (χ4v) is 2.90. The maximum atomic E-state index is 10.7. The molecule has 0 aromatic carbocycles. The summed E-state index contributed by atoms with van der Waals surface area (Å²) in [6.45, 7) is 1.97. The summed E-state index contributed by atoms with van der Waals surface area (Å²) < 4.78 is 0. The minimum Gasteiger partial charge on any atom is -0.545 e. The number of carbonyl (C=O) groups excluding carboxylic acids is 1. The highest BCUT2D eigenvalue weighted by molar-refractivity contribution is 7.10. The zero-order valence-corrected chi connectivity index (χ0v) is 8.24. The van der Waals surface area contributed by atoms with Crippen LogP contribution < -0.4 is 10.0 Å². The van der Waals surface area contributed by atoms with Gasteiger partial charge in [-0.25, -0.2) is 0 Å². The first-order valence-electron chi connectivity index (χ1n) is 4.30. The van der Waals surface area contributed by atoms with Crippen molar-refractivity contribution in [3.63, 3.8) is 0 Å². The average Bonchev–Trinajstić information content (AvgIpc) is 2.46. The third-order valence-corrected chi connectivity index (χ3v) is 3.49. The Morgan fingerprint density at radius 3 is 3.15 bits per heavy atom. The van der Waals surface area contributed by atoms with Crippen molar-refractivity contribution in [2.45, 2.75) is 13.0 Å². The predicted molar refractivity (Wildman–Crippen MR) is 47.8 cm³/mol. The van der Waals surface area contributed by atoms with E-state index in [-0.39, 0.29) is 0 Å². The van der Waals surface area contributed by atoms with Crippen molar-refractivity contribution in [3.8, 4) is 0 Å². The van der Waals surface area contributed by atoms with Gasteiger partial charge in [-0.3, -0.25) is 0 Å². The molecule has 0 aliphatic carbocycles. The molecule has 0 fully saturated rings. The van der Waals surface area contributed by atoms with Crippen molar-refractivity contribution in [2.75, 3.05) is 13.6 Å². The van der Waals surface area contributed by atoms with Crippen LogP contribution in [0, 0.1) is 0 Å². The lowest BCUT2D eigenvalue weighted by Gasteiger charge is -2.20. The molecule has 1 aliphatic rings. The van der Waals surface area contributed by atoms with Crippen LogP contribution in [0.3, 0.4) is 0 Å². The molecule has 1 aromatic heterocycles. The SMILES string of the molecule is C[NH+]1CCc2c(C(=O)[O-])csc2C1. The van der Waals surface area contributed by atoms with Crippen LogP contribution in [0.2, 0.25) is 0 Å². The van der Waals surface area contributed by atoms with Crippen molar-refractivity contribution in [1.82, 2.24) is 0 Å². The third kappa shape index (κ3) is 1.47. The summed E-state index contributed by atoms with van der Waals surface area (Å²) in [5.74, 6) is -1.03. The van der Waals surface area contributed by atoms with E-state index in [0.29, 0.717) is 5.56 Å². The fourth-order valence-electron chi connectivity index (χ4n) is 1.72. The number of fused-ring (bicyclic) bond motifs is 1. The third-order valence-electron chi connectivity index (χ3n) is 2.46. The van der Waals surface area contributed by atoms with Gasteiger partial charge >= 0.3 is 0 Å². The zero-order valence-electron chi connectivity index (χ0n) is 7.42. The van der Waals surface area contributed by atoms with E-state index in [2.05, 4.69) is 7.05 Å². The van der Waals surface area contributed by atoms with Crippen LogP contribution in [0.25, 0.3) is 0 Å². The lowest BCUT2D eigenvalue weighted by atomic mass is 10.0. The standard InChI is InChI=1S/C9H11NO2S/c1-10-3-2-6-7(9(11)12)5-13-8(6)4-10/h5H,2-4H2,1H3,(H,11,12). The van der Waals surface area contributed by atoms with Crippen molar-refractivity contribution in [2.24, 2.45) is 0 Å². The van der Waals surface area contributed by atoms with E-state index in [9.17, 15) is 9.90 Å². The van der Waals surface area contributed by atoms with Gasteiger partial charge in [-0.1, -0.05) is 0 Å². The number of likely N-dealkylation sites (N-methyl/N-ethyl adjacent to an activating group) is 1. The fraction of sp³-hybridized carbons (Fsp3) is 0.444. The Morgan fingerprint density at radius 2 is 2.46 bits per heavy atom.